The predicted octanol–water partition coefficient (Wildman–Crippen LogP) is 5.49. The first kappa shape index (κ1) is 27.5. The molecule has 1 aliphatic heterocycles. The molecule has 1 aliphatic rings. The summed E-state index contributed by atoms with van der Waals surface area (Å²) in [4.78, 5) is 24.7. The van der Waals surface area contributed by atoms with E-state index in [0.29, 0.717) is 22.8 Å². The summed E-state index contributed by atoms with van der Waals surface area (Å²) in [7, 11) is -4.39. The van der Waals surface area contributed by atoms with E-state index >= 15 is 0 Å². The first-order valence-corrected chi connectivity index (χ1v) is 13.7. The van der Waals surface area contributed by atoms with Crippen molar-refractivity contribution in [3.63, 3.8) is 0 Å². The number of likely N-dealkylation sites (tertiary alicyclic amines) is 1. The summed E-state index contributed by atoms with van der Waals surface area (Å²) >= 11 is 5.93. The van der Waals surface area contributed by atoms with Gasteiger partial charge in [0.25, 0.3) is 10.0 Å². The van der Waals surface area contributed by atoms with Crippen LogP contribution in [0.15, 0.2) is 71.6 Å². The maximum atomic E-state index is 15.0. The predicted molar refractivity (Wildman–Crippen MR) is 138 cm³/mol. The number of benzene rings is 3. The van der Waals surface area contributed by atoms with Gasteiger partial charge in [0.05, 0.1) is 23.2 Å². The number of carbonyl (C=O) groups excluding carboxylic acids is 2. The zero-order valence-corrected chi connectivity index (χ0v) is 22.0. The van der Waals surface area contributed by atoms with Gasteiger partial charge in [-0.3, -0.25) is 18.8 Å². The highest BCUT2D eigenvalue weighted by Gasteiger charge is 2.34. The fourth-order valence-electron chi connectivity index (χ4n) is 4.28. The first-order valence-electron chi connectivity index (χ1n) is 11.9. The van der Waals surface area contributed by atoms with Crippen LogP contribution >= 0.6 is 11.6 Å². The van der Waals surface area contributed by atoms with Crippen molar-refractivity contribution in [2.24, 2.45) is 0 Å². The molecule has 3 aromatic rings. The quantitative estimate of drug-likeness (QED) is 0.241. The van der Waals surface area contributed by atoms with Crippen LogP contribution in [-0.2, 0) is 19.6 Å². The van der Waals surface area contributed by atoms with Crippen molar-refractivity contribution in [3.8, 4) is 5.75 Å². The van der Waals surface area contributed by atoms with Crippen LogP contribution in [0.25, 0.3) is 0 Å². The number of imide groups is 1. The SMILES string of the molecule is CC(c1ccccc1OCCCN1C(=O)CCC1=O)N(c1cc(F)ccc1F)S(=O)(=O)c1ccc(Cl)cc1. The fourth-order valence-corrected chi connectivity index (χ4v) is 6.04. The van der Waals surface area contributed by atoms with Gasteiger partial charge in [-0.05, 0) is 55.8 Å². The van der Waals surface area contributed by atoms with Crippen molar-refractivity contribution < 1.29 is 31.5 Å². The highest BCUT2D eigenvalue weighted by atomic mass is 35.5. The number of nitrogens with zero attached hydrogens (tertiary/aromatic N) is 2. The van der Waals surface area contributed by atoms with Gasteiger partial charge in [-0.15, -0.1) is 0 Å². The Balaban J connectivity index is 1.65. The second-order valence-corrected chi connectivity index (χ2v) is 11.0. The number of anilines is 1. The summed E-state index contributed by atoms with van der Waals surface area (Å²) in [6, 6.07) is 13.6. The molecule has 0 radical (unpaired) electrons. The highest BCUT2D eigenvalue weighted by molar-refractivity contribution is 7.92. The van der Waals surface area contributed by atoms with Gasteiger partial charge >= 0.3 is 0 Å². The molecule has 200 valence electrons. The molecule has 11 heteroatoms. The van der Waals surface area contributed by atoms with Crippen molar-refractivity contribution >= 4 is 39.1 Å². The average Bonchev–Trinajstić information content (AvgIpc) is 3.21. The van der Waals surface area contributed by atoms with Gasteiger partial charge in [0, 0.05) is 36.0 Å². The minimum absolute atomic E-state index is 0.138. The molecule has 2 amide bonds. The molecule has 1 heterocycles. The van der Waals surface area contributed by atoms with E-state index in [1.807, 2.05) is 0 Å². The van der Waals surface area contributed by atoms with Gasteiger partial charge in [-0.25, -0.2) is 17.2 Å². The van der Waals surface area contributed by atoms with E-state index in [1.165, 1.54) is 29.2 Å². The number of ether oxygens (including phenoxy) is 1. The second kappa shape index (κ2) is 11.5. The van der Waals surface area contributed by atoms with Gasteiger partial charge in [-0.2, -0.15) is 0 Å². The van der Waals surface area contributed by atoms with Crippen LogP contribution in [-0.4, -0.2) is 38.3 Å². The third-order valence-corrected chi connectivity index (χ3v) is 8.33. The van der Waals surface area contributed by atoms with Crippen molar-refractivity contribution in [3.05, 3.63) is 89.0 Å². The van der Waals surface area contributed by atoms with Gasteiger partial charge in [0.1, 0.15) is 17.4 Å². The van der Waals surface area contributed by atoms with Crippen molar-refractivity contribution in [1.29, 1.82) is 0 Å². The van der Waals surface area contributed by atoms with Gasteiger partial charge in [-0.1, -0.05) is 29.8 Å². The van der Waals surface area contributed by atoms with Crippen molar-refractivity contribution in [2.45, 2.75) is 37.1 Å². The summed E-state index contributed by atoms with van der Waals surface area (Å²) in [5.41, 5.74) is -0.0599. The van der Waals surface area contributed by atoms with E-state index in [0.717, 1.165) is 22.5 Å². The van der Waals surface area contributed by atoms with Crippen LogP contribution in [0.4, 0.5) is 14.5 Å². The molecule has 0 aliphatic carbocycles. The highest BCUT2D eigenvalue weighted by Crippen LogP contribution is 2.38. The molecule has 0 N–H and O–H groups in total. The molecule has 1 atom stereocenters. The first-order chi connectivity index (χ1) is 18.1. The molecule has 0 spiro atoms. The lowest BCUT2D eigenvalue weighted by atomic mass is 10.1. The molecule has 1 saturated heterocycles. The number of sulfonamides is 1. The molecular weight excluding hydrogens is 538 g/mol. The monoisotopic (exact) mass is 562 g/mol. The van der Waals surface area contributed by atoms with Crippen LogP contribution in [0, 0.1) is 11.6 Å². The van der Waals surface area contributed by atoms with Crippen LogP contribution in [0.1, 0.15) is 37.8 Å². The molecule has 0 saturated carbocycles. The summed E-state index contributed by atoms with van der Waals surface area (Å²) in [6.45, 7) is 1.89. The zero-order chi connectivity index (χ0) is 27.4. The molecular formula is C27H25ClF2N2O5S. The number of halogens is 3. The van der Waals surface area contributed by atoms with E-state index in [2.05, 4.69) is 0 Å². The Labute approximate surface area is 224 Å². The normalized spacial score (nSPS) is 14.6. The zero-order valence-electron chi connectivity index (χ0n) is 20.4. The largest absolute Gasteiger partial charge is 0.493 e. The maximum Gasteiger partial charge on any atom is 0.264 e. The van der Waals surface area contributed by atoms with E-state index in [9.17, 15) is 26.8 Å². The molecule has 3 aromatic carbocycles. The van der Waals surface area contributed by atoms with Gasteiger partial charge < -0.3 is 4.74 Å². The lowest BCUT2D eigenvalue weighted by Gasteiger charge is -2.32. The van der Waals surface area contributed by atoms with Gasteiger partial charge in [0.15, 0.2) is 0 Å². The lowest BCUT2D eigenvalue weighted by Crippen LogP contribution is -2.34. The number of amides is 2. The number of hydrogen-bond acceptors (Lipinski definition) is 5. The smallest absolute Gasteiger partial charge is 0.264 e. The van der Waals surface area contributed by atoms with Crippen LogP contribution in [0.3, 0.4) is 0 Å². The van der Waals surface area contributed by atoms with Crippen molar-refractivity contribution in [2.75, 3.05) is 17.5 Å². The summed E-state index contributed by atoms with van der Waals surface area (Å²) in [6.07, 6.45) is 0.773. The molecule has 1 unspecified atom stereocenters. The molecule has 4 rings (SSSR count). The number of hydrogen-bond donors (Lipinski definition) is 0. The standard InChI is InChI=1S/C27H25ClF2N2O5S/c1-18(22-5-2-3-6-25(22)37-16-4-15-31-26(33)13-14-27(31)34)32(24-17-20(29)9-12-23(24)30)38(35,36)21-10-7-19(28)8-11-21/h2-3,5-12,17-18H,4,13-16H2,1H3. The van der Waals surface area contributed by atoms with E-state index in [-0.39, 0.29) is 42.7 Å². The topological polar surface area (TPSA) is 84.0 Å². The fraction of sp³-hybridized carbons (Fsp3) is 0.259. The van der Waals surface area contributed by atoms with Crippen LogP contribution in [0.5, 0.6) is 5.75 Å². The Morgan fingerprint density at radius 1 is 1.00 bits per heavy atom. The minimum atomic E-state index is -4.39. The average molecular weight is 563 g/mol. The molecule has 0 aromatic heterocycles. The third-order valence-electron chi connectivity index (χ3n) is 6.18. The molecule has 38 heavy (non-hydrogen) atoms. The number of rotatable bonds is 10. The van der Waals surface area contributed by atoms with Crippen LogP contribution in [0.2, 0.25) is 5.02 Å². The number of para-hydroxylation sites is 1. The Morgan fingerprint density at radius 3 is 2.34 bits per heavy atom. The summed E-state index contributed by atoms with van der Waals surface area (Å²) in [5.74, 6) is -1.84. The third kappa shape index (κ3) is 5.81. The molecule has 7 nitrogen and oxygen atoms in total. The Bertz CT molecular complexity index is 1430. The second-order valence-electron chi connectivity index (χ2n) is 8.71. The Kier molecular flexibility index (Phi) is 8.32. The molecule has 1 fully saturated rings. The Hall–Kier alpha value is -3.50. The maximum absolute atomic E-state index is 15.0. The summed E-state index contributed by atoms with van der Waals surface area (Å²) in [5, 5.41) is 0.316. The van der Waals surface area contributed by atoms with E-state index in [1.54, 1.807) is 31.2 Å². The van der Waals surface area contributed by atoms with E-state index in [4.69, 9.17) is 16.3 Å². The van der Waals surface area contributed by atoms with E-state index < -0.39 is 33.4 Å². The van der Waals surface area contributed by atoms with Crippen molar-refractivity contribution in [1.82, 2.24) is 4.90 Å². The minimum Gasteiger partial charge on any atom is -0.493 e. The summed E-state index contributed by atoms with van der Waals surface area (Å²) < 4.78 is 63.5. The molecule has 0 bridgehead atoms. The van der Waals surface area contributed by atoms with Gasteiger partial charge in [0.2, 0.25) is 11.8 Å². The lowest BCUT2D eigenvalue weighted by molar-refractivity contribution is -0.138. The van der Waals surface area contributed by atoms with Crippen LogP contribution < -0.4 is 9.04 Å². The Morgan fingerprint density at radius 2 is 1.66 bits per heavy atom. The number of carbonyl (C=O) groups is 2.